The number of likely N-dealkylation sites (N-methyl/N-ethyl adjacent to an activating group) is 2. The van der Waals surface area contributed by atoms with Crippen molar-refractivity contribution in [2.45, 2.75) is 135 Å². The van der Waals surface area contributed by atoms with Crippen LogP contribution in [0.4, 0.5) is 0 Å². The molecule has 4 heteroatoms. The van der Waals surface area contributed by atoms with E-state index in [1.54, 1.807) is 0 Å². The molecule has 178 valence electrons. The van der Waals surface area contributed by atoms with Gasteiger partial charge in [0.15, 0.2) is 0 Å². The summed E-state index contributed by atoms with van der Waals surface area (Å²) in [6.45, 7) is 21.3. The van der Waals surface area contributed by atoms with Crippen molar-refractivity contribution in [3.05, 3.63) is 0 Å². The molecule has 0 amide bonds. The number of likely N-dealkylation sites (tertiary alicyclic amines) is 2. The fraction of sp³-hybridized carbons (Fsp3) is 1.00. The van der Waals surface area contributed by atoms with E-state index in [0.717, 1.165) is 12.8 Å². The molecule has 30 heavy (non-hydrogen) atoms. The molecule has 2 rings (SSSR count). The van der Waals surface area contributed by atoms with Crippen LogP contribution in [0.2, 0.25) is 0 Å². The molecule has 4 nitrogen and oxygen atoms in total. The van der Waals surface area contributed by atoms with Crippen LogP contribution in [-0.4, -0.2) is 58.1 Å². The number of rotatable bonds is 6. The van der Waals surface area contributed by atoms with Crippen LogP contribution in [0.3, 0.4) is 0 Å². The summed E-state index contributed by atoms with van der Waals surface area (Å²) in [4.78, 5) is 5.04. The van der Waals surface area contributed by atoms with Gasteiger partial charge in [0.1, 0.15) is 0 Å². The fourth-order valence-electron chi connectivity index (χ4n) is 6.95. The highest BCUT2D eigenvalue weighted by Gasteiger charge is 2.55. The fourth-order valence-corrected chi connectivity index (χ4v) is 6.95. The largest absolute Gasteiger partial charge is 0.326 e. The van der Waals surface area contributed by atoms with Crippen molar-refractivity contribution in [1.82, 2.24) is 9.80 Å². The Balaban J connectivity index is 2.47. The first-order valence-electron chi connectivity index (χ1n) is 12.5. The molecule has 2 aliphatic heterocycles. The van der Waals surface area contributed by atoms with E-state index in [2.05, 4.69) is 86.2 Å². The molecule has 0 aliphatic carbocycles. The zero-order valence-corrected chi connectivity index (χ0v) is 22.2. The molecule has 4 atom stereocenters. The first-order chi connectivity index (χ1) is 13.5. The lowest BCUT2D eigenvalue weighted by Crippen LogP contribution is -2.72. The quantitative estimate of drug-likeness (QED) is 0.600. The van der Waals surface area contributed by atoms with Crippen LogP contribution >= 0.6 is 0 Å². The van der Waals surface area contributed by atoms with E-state index in [9.17, 15) is 0 Å². The Labute approximate surface area is 188 Å². The molecule has 0 aromatic rings. The van der Waals surface area contributed by atoms with Crippen LogP contribution in [0, 0.1) is 17.8 Å². The molecule has 0 aromatic heterocycles. The second-order valence-electron chi connectivity index (χ2n) is 13.0. The second kappa shape index (κ2) is 8.65. The Morgan fingerprint density at radius 3 is 1.43 bits per heavy atom. The third-order valence-corrected chi connectivity index (χ3v) is 9.81. The zero-order chi connectivity index (χ0) is 23.3. The number of unbranched alkanes of at least 4 members (excludes halogenated alkanes) is 2. The number of hydrogen-bond donors (Lipinski definition) is 2. The van der Waals surface area contributed by atoms with Gasteiger partial charge in [-0.2, -0.15) is 0 Å². The van der Waals surface area contributed by atoms with E-state index >= 15 is 0 Å². The van der Waals surface area contributed by atoms with Crippen LogP contribution in [0.25, 0.3) is 0 Å². The van der Waals surface area contributed by atoms with Crippen LogP contribution in [0.5, 0.6) is 0 Å². The van der Waals surface area contributed by atoms with Gasteiger partial charge in [-0.1, -0.05) is 26.2 Å². The van der Waals surface area contributed by atoms with E-state index in [1.165, 1.54) is 25.7 Å². The predicted molar refractivity (Wildman–Crippen MR) is 132 cm³/mol. The summed E-state index contributed by atoms with van der Waals surface area (Å²) in [6, 6.07) is 0.334. The highest BCUT2D eigenvalue weighted by Crippen LogP contribution is 2.50. The second-order valence-corrected chi connectivity index (χ2v) is 13.0. The van der Waals surface area contributed by atoms with E-state index in [1.807, 2.05) is 0 Å². The minimum absolute atomic E-state index is 0.0178. The number of nitrogens with two attached hydrogens (primary N) is 2. The highest BCUT2D eigenvalue weighted by molar-refractivity contribution is 5.12. The molecule has 2 aliphatic rings. The first kappa shape index (κ1) is 26.1. The Kier molecular flexibility index (Phi) is 7.52. The molecular formula is C26H54N4. The third kappa shape index (κ3) is 4.49. The number of hydrogen-bond acceptors (Lipinski definition) is 4. The van der Waals surface area contributed by atoms with E-state index in [-0.39, 0.29) is 34.2 Å². The molecule has 2 heterocycles. The normalized spacial score (nSPS) is 37.1. The Morgan fingerprint density at radius 2 is 1.10 bits per heavy atom. The maximum Gasteiger partial charge on any atom is 0.0309 e. The summed E-state index contributed by atoms with van der Waals surface area (Å²) in [5.41, 5.74) is 14.4. The van der Waals surface area contributed by atoms with Crippen molar-refractivity contribution in [1.29, 1.82) is 0 Å². The number of piperidine rings is 2. The lowest BCUT2D eigenvalue weighted by molar-refractivity contribution is -0.102. The van der Waals surface area contributed by atoms with Crippen molar-refractivity contribution in [3.8, 4) is 0 Å². The lowest BCUT2D eigenvalue weighted by atomic mass is 9.57. The molecule has 4 N–H and O–H groups in total. The van der Waals surface area contributed by atoms with E-state index in [0.29, 0.717) is 17.8 Å². The Bertz CT molecular complexity index is 534. The molecule has 0 bridgehead atoms. The van der Waals surface area contributed by atoms with Crippen LogP contribution in [0.1, 0.15) is 101 Å². The van der Waals surface area contributed by atoms with Gasteiger partial charge in [0, 0.05) is 34.2 Å². The molecule has 2 saturated heterocycles. The van der Waals surface area contributed by atoms with Crippen LogP contribution in [-0.2, 0) is 0 Å². The highest BCUT2D eigenvalue weighted by atomic mass is 15.3. The molecule has 2 fully saturated rings. The van der Waals surface area contributed by atoms with E-state index in [4.69, 9.17) is 11.5 Å². The summed E-state index contributed by atoms with van der Waals surface area (Å²) in [7, 11) is 4.52. The van der Waals surface area contributed by atoms with Crippen molar-refractivity contribution >= 4 is 0 Å². The van der Waals surface area contributed by atoms with Crippen LogP contribution < -0.4 is 11.5 Å². The SMILES string of the molecule is CCCCCC(C1CC(C)(C)N(C)C(C)(C)C1N)C1CC(C)(C)N(C)C(C)(C)C1N. The Hall–Kier alpha value is -0.160. The van der Waals surface area contributed by atoms with Gasteiger partial charge in [-0.3, -0.25) is 9.80 Å². The molecule has 0 aromatic carbocycles. The summed E-state index contributed by atoms with van der Waals surface area (Å²) in [5, 5.41) is 0. The molecule has 0 saturated carbocycles. The molecule has 0 radical (unpaired) electrons. The smallest absolute Gasteiger partial charge is 0.0309 e. The van der Waals surface area contributed by atoms with Crippen molar-refractivity contribution in [3.63, 3.8) is 0 Å². The van der Waals surface area contributed by atoms with Gasteiger partial charge in [-0.05, 0) is 107 Å². The van der Waals surface area contributed by atoms with Crippen molar-refractivity contribution < 1.29 is 0 Å². The maximum absolute atomic E-state index is 7.10. The summed E-state index contributed by atoms with van der Waals surface area (Å²) in [6.07, 6.45) is 7.44. The van der Waals surface area contributed by atoms with Crippen molar-refractivity contribution in [2.24, 2.45) is 29.2 Å². The average Bonchev–Trinajstić information content (AvgIpc) is 2.64. The minimum atomic E-state index is -0.0178. The predicted octanol–water partition coefficient (Wildman–Crippen LogP) is 4.86. The molecular weight excluding hydrogens is 368 g/mol. The molecule has 4 unspecified atom stereocenters. The standard InChI is InChI=1S/C26H54N4/c1-12-13-14-15-18(19-16-23(2,3)29(10)25(6,7)21(19)27)20-17-24(4,5)30(11)26(8,9)22(20)28/h18-22H,12-17,27-28H2,1-11H3. The molecule has 0 spiro atoms. The van der Waals surface area contributed by atoms with Gasteiger partial charge in [0.2, 0.25) is 0 Å². The number of nitrogens with zero attached hydrogens (tertiary/aromatic N) is 2. The monoisotopic (exact) mass is 422 g/mol. The zero-order valence-electron chi connectivity index (χ0n) is 22.2. The van der Waals surface area contributed by atoms with Gasteiger partial charge >= 0.3 is 0 Å². The third-order valence-electron chi connectivity index (χ3n) is 9.81. The van der Waals surface area contributed by atoms with Gasteiger partial charge in [-0.25, -0.2) is 0 Å². The van der Waals surface area contributed by atoms with Gasteiger partial charge in [0.05, 0.1) is 0 Å². The van der Waals surface area contributed by atoms with E-state index < -0.39 is 0 Å². The lowest BCUT2D eigenvalue weighted by Gasteiger charge is -2.62. The van der Waals surface area contributed by atoms with Crippen LogP contribution in [0.15, 0.2) is 0 Å². The van der Waals surface area contributed by atoms with Crippen molar-refractivity contribution in [2.75, 3.05) is 14.1 Å². The first-order valence-corrected chi connectivity index (χ1v) is 12.5. The topological polar surface area (TPSA) is 58.5 Å². The van der Waals surface area contributed by atoms with Gasteiger partial charge < -0.3 is 11.5 Å². The van der Waals surface area contributed by atoms with Gasteiger partial charge in [0.25, 0.3) is 0 Å². The average molecular weight is 423 g/mol. The summed E-state index contributed by atoms with van der Waals surface area (Å²) < 4.78 is 0. The maximum atomic E-state index is 7.10. The Morgan fingerprint density at radius 1 is 0.733 bits per heavy atom. The summed E-state index contributed by atoms with van der Waals surface area (Å²) in [5.74, 6) is 1.60. The minimum Gasteiger partial charge on any atom is -0.326 e. The van der Waals surface area contributed by atoms with Gasteiger partial charge in [-0.15, -0.1) is 0 Å². The summed E-state index contributed by atoms with van der Waals surface area (Å²) >= 11 is 0.